The molecule has 0 heterocycles. The Kier molecular flexibility index (Phi) is 15.4. The number of unbranched alkanes of at least 4 members (excludes halogenated alkanes) is 2. The molecule has 0 radical (unpaired) electrons. The van der Waals surface area contributed by atoms with Crippen LogP contribution in [0.1, 0.15) is 32.1 Å². The minimum absolute atomic E-state index is 0.506. The number of aliphatic carboxylic acids is 1. The van der Waals surface area contributed by atoms with Crippen molar-refractivity contribution in [1.29, 1.82) is 0 Å². The van der Waals surface area contributed by atoms with E-state index in [4.69, 9.17) is 27.4 Å². The topological polar surface area (TPSA) is 165 Å². The van der Waals surface area contributed by atoms with Gasteiger partial charge in [0.1, 0.15) is 6.04 Å². The molecule has 19 heavy (non-hydrogen) atoms. The van der Waals surface area contributed by atoms with Crippen LogP contribution in [0.25, 0.3) is 0 Å². The maximum Gasteiger partial charge on any atom is 0.404 e. The summed E-state index contributed by atoms with van der Waals surface area (Å²) in [6.45, 7) is 1.74. The van der Waals surface area contributed by atoms with Crippen molar-refractivity contribution in [1.82, 2.24) is 5.32 Å². The van der Waals surface area contributed by atoms with Gasteiger partial charge in [0.2, 0.25) is 0 Å². The number of carboxylic acid groups (broad SMARTS) is 2. The van der Waals surface area contributed by atoms with Gasteiger partial charge in [-0.05, 0) is 38.8 Å². The second-order valence-corrected chi connectivity index (χ2v) is 3.96. The van der Waals surface area contributed by atoms with E-state index in [-0.39, 0.29) is 0 Å². The SMILES string of the molecule is NCCCCC(N)C(=O)O.NCCCCNC(=O)O. The van der Waals surface area contributed by atoms with E-state index in [2.05, 4.69) is 5.32 Å². The number of carboxylic acids is 1. The summed E-state index contributed by atoms with van der Waals surface area (Å²) in [5, 5.41) is 18.6. The lowest BCUT2D eigenvalue weighted by atomic mass is 10.1. The molecule has 0 aliphatic carbocycles. The van der Waals surface area contributed by atoms with Crippen LogP contribution in [0.5, 0.6) is 0 Å². The van der Waals surface area contributed by atoms with E-state index in [0.29, 0.717) is 26.1 Å². The number of nitrogens with two attached hydrogens (primary N) is 3. The molecule has 0 aromatic carbocycles. The van der Waals surface area contributed by atoms with Gasteiger partial charge in [0.15, 0.2) is 0 Å². The van der Waals surface area contributed by atoms with Crippen LogP contribution in [0.15, 0.2) is 0 Å². The molecule has 8 heteroatoms. The highest BCUT2D eigenvalue weighted by molar-refractivity contribution is 5.72. The summed E-state index contributed by atoms with van der Waals surface area (Å²) >= 11 is 0. The molecule has 114 valence electrons. The Bertz CT molecular complexity index is 239. The highest BCUT2D eigenvalue weighted by atomic mass is 16.4. The summed E-state index contributed by atoms with van der Waals surface area (Å²) in [4.78, 5) is 20.0. The molecule has 0 saturated carbocycles. The molecule has 0 spiro atoms. The molecule has 9 N–H and O–H groups in total. The summed E-state index contributed by atoms with van der Waals surface area (Å²) in [5.74, 6) is -0.933. The van der Waals surface area contributed by atoms with Crippen LogP contribution in [-0.2, 0) is 4.79 Å². The molecular weight excluding hydrogens is 252 g/mol. The Balaban J connectivity index is 0. The first kappa shape index (κ1) is 19.9. The van der Waals surface area contributed by atoms with Gasteiger partial charge in [-0.2, -0.15) is 0 Å². The molecular formula is C11H26N4O4. The van der Waals surface area contributed by atoms with E-state index >= 15 is 0 Å². The number of amides is 1. The van der Waals surface area contributed by atoms with E-state index in [1.54, 1.807) is 0 Å². The van der Waals surface area contributed by atoms with E-state index in [9.17, 15) is 9.59 Å². The number of nitrogens with one attached hydrogen (secondary N) is 1. The van der Waals surface area contributed by atoms with Crippen LogP contribution in [0.4, 0.5) is 4.79 Å². The Morgan fingerprint density at radius 3 is 1.95 bits per heavy atom. The molecule has 0 bridgehead atoms. The predicted octanol–water partition coefficient (Wildman–Crippen LogP) is -0.480. The zero-order valence-corrected chi connectivity index (χ0v) is 11.2. The lowest BCUT2D eigenvalue weighted by Crippen LogP contribution is -2.29. The first-order valence-corrected chi connectivity index (χ1v) is 6.31. The molecule has 0 saturated heterocycles. The number of rotatable bonds is 9. The van der Waals surface area contributed by atoms with E-state index in [1.165, 1.54) is 0 Å². The van der Waals surface area contributed by atoms with Gasteiger partial charge in [-0.25, -0.2) is 4.79 Å². The standard InChI is InChI=1S/C6H14N2O2.C5H12N2O2/c7-4-2-1-3-5(8)6(9)10;6-3-1-2-4-7-5(8)9/h5H,1-4,7-8H2,(H,9,10);7H,1-4,6H2,(H,8,9). The Hall–Kier alpha value is -1.38. The molecule has 1 amide bonds. The molecule has 1 atom stereocenters. The second kappa shape index (κ2) is 14.7. The smallest absolute Gasteiger partial charge is 0.404 e. The molecule has 0 fully saturated rings. The molecule has 0 aromatic rings. The van der Waals surface area contributed by atoms with Crippen molar-refractivity contribution in [3.63, 3.8) is 0 Å². The molecule has 0 aliphatic heterocycles. The van der Waals surface area contributed by atoms with Gasteiger partial charge in [-0.3, -0.25) is 4.79 Å². The molecule has 8 nitrogen and oxygen atoms in total. The normalized spacial score (nSPS) is 11.1. The van der Waals surface area contributed by atoms with Gasteiger partial charge in [-0.15, -0.1) is 0 Å². The average Bonchev–Trinajstić information content (AvgIpc) is 2.35. The van der Waals surface area contributed by atoms with Crippen LogP contribution < -0.4 is 22.5 Å². The van der Waals surface area contributed by atoms with Crippen molar-refractivity contribution in [3.8, 4) is 0 Å². The van der Waals surface area contributed by atoms with Crippen molar-refractivity contribution < 1.29 is 19.8 Å². The van der Waals surface area contributed by atoms with Gasteiger partial charge in [0.05, 0.1) is 0 Å². The van der Waals surface area contributed by atoms with Gasteiger partial charge >= 0.3 is 12.1 Å². The minimum Gasteiger partial charge on any atom is -0.480 e. The Labute approximate surface area is 113 Å². The van der Waals surface area contributed by atoms with Crippen LogP contribution in [-0.4, -0.2) is 48.0 Å². The molecule has 0 aliphatic rings. The Morgan fingerprint density at radius 1 is 1.00 bits per heavy atom. The third kappa shape index (κ3) is 19.2. The predicted molar refractivity (Wildman–Crippen MR) is 72.8 cm³/mol. The van der Waals surface area contributed by atoms with Gasteiger partial charge in [0, 0.05) is 6.54 Å². The Morgan fingerprint density at radius 2 is 1.53 bits per heavy atom. The van der Waals surface area contributed by atoms with Crippen LogP contribution in [0, 0.1) is 0 Å². The third-order valence-electron chi connectivity index (χ3n) is 2.19. The molecule has 0 aromatic heterocycles. The average molecular weight is 278 g/mol. The van der Waals surface area contributed by atoms with Crippen molar-refractivity contribution in [3.05, 3.63) is 0 Å². The van der Waals surface area contributed by atoms with Crippen molar-refractivity contribution in [2.45, 2.75) is 38.1 Å². The van der Waals surface area contributed by atoms with Crippen LogP contribution >= 0.6 is 0 Å². The fourth-order valence-corrected chi connectivity index (χ4v) is 1.10. The first-order valence-electron chi connectivity index (χ1n) is 6.31. The number of hydrogen-bond donors (Lipinski definition) is 6. The van der Waals surface area contributed by atoms with Gasteiger partial charge in [-0.1, -0.05) is 6.42 Å². The summed E-state index contributed by atoms with van der Waals surface area (Å²) in [5.41, 5.74) is 15.6. The van der Waals surface area contributed by atoms with E-state index in [1.807, 2.05) is 0 Å². The maximum atomic E-state index is 10.1. The summed E-state index contributed by atoms with van der Waals surface area (Å²) in [7, 11) is 0. The molecule has 1 unspecified atom stereocenters. The second-order valence-electron chi connectivity index (χ2n) is 3.96. The van der Waals surface area contributed by atoms with Crippen molar-refractivity contribution in [2.24, 2.45) is 17.2 Å². The lowest BCUT2D eigenvalue weighted by molar-refractivity contribution is -0.138. The fourth-order valence-electron chi connectivity index (χ4n) is 1.10. The van der Waals surface area contributed by atoms with Crippen molar-refractivity contribution in [2.75, 3.05) is 19.6 Å². The monoisotopic (exact) mass is 278 g/mol. The summed E-state index contributed by atoms with van der Waals surface area (Å²) in [6, 6.07) is -0.716. The zero-order valence-electron chi connectivity index (χ0n) is 11.2. The number of carbonyl (C=O) groups is 2. The zero-order chi connectivity index (χ0) is 15.1. The van der Waals surface area contributed by atoms with E-state index in [0.717, 1.165) is 25.7 Å². The highest BCUT2D eigenvalue weighted by Crippen LogP contribution is 1.96. The maximum absolute atomic E-state index is 10.1. The minimum atomic E-state index is -0.966. The van der Waals surface area contributed by atoms with Crippen LogP contribution in [0.2, 0.25) is 0 Å². The first-order chi connectivity index (χ1) is 8.95. The fraction of sp³-hybridized carbons (Fsp3) is 0.818. The van der Waals surface area contributed by atoms with Gasteiger partial charge < -0.3 is 32.7 Å². The van der Waals surface area contributed by atoms with Gasteiger partial charge in [0.25, 0.3) is 0 Å². The van der Waals surface area contributed by atoms with E-state index < -0.39 is 18.1 Å². The summed E-state index contributed by atoms with van der Waals surface area (Å²) in [6.07, 6.45) is 2.90. The van der Waals surface area contributed by atoms with Crippen molar-refractivity contribution >= 4 is 12.1 Å². The quantitative estimate of drug-likeness (QED) is 0.310. The third-order valence-corrected chi connectivity index (χ3v) is 2.19. The largest absolute Gasteiger partial charge is 0.480 e. The highest BCUT2D eigenvalue weighted by Gasteiger charge is 2.09. The number of hydrogen-bond acceptors (Lipinski definition) is 5. The summed E-state index contributed by atoms with van der Waals surface area (Å²) < 4.78 is 0. The van der Waals surface area contributed by atoms with Crippen LogP contribution in [0.3, 0.4) is 0 Å². The molecule has 0 rings (SSSR count). The lowest BCUT2D eigenvalue weighted by Gasteiger charge is -2.03.